The average molecular weight is 1230 g/mol. The number of carboxylic acids is 1. The van der Waals surface area contributed by atoms with E-state index in [2.05, 4.69) is 26.8 Å². The van der Waals surface area contributed by atoms with Gasteiger partial charge in [-0.25, -0.2) is 9.59 Å². The van der Waals surface area contributed by atoms with Crippen molar-refractivity contribution < 1.29 is 133 Å². The number of aliphatic hydroxyl groups excluding tert-OH is 12. The van der Waals surface area contributed by atoms with E-state index in [4.69, 9.17) is 47.4 Å². The van der Waals surface area contributed by atoms with E-state index in [0.29, 0.717) is 37.7 Å². The number of ether oxygens (including phenoxy) is 10. The predicted molar refractivity (Wildman–Crippen MR) is 288 cm³/mol. The molecule has 0 aromatic heterocycles. The van der Waals surface area contributed by atoms with Crippen LogP contribution in [0.15, 0.2) is 23.3 Å². The number of aliphatic hydroxyl groups is 12. The number of aliphatic carboxylic acids is 1. The minimum Gasteiger partial charge on any atom is -0.479 e. The molecule has 4 saturated heterocycles. The van der Waals surface area contributed by atoms with E-state index in [1.807, 2.05) is 13.8 Å². The van der Waals surface area contributed by atoms with Crippen LogP contribution in [0.4, 0.5) is 0 Å². The summed E-state index contributed by atoms with van der Waals surface area (Å²) in [5, 5.41) is 143. The van der Waals surface area contributed by atoms with Crippen molar-refractivity contribution in [3.63, 3.8) is 0 Å². The summed E-state index contributed by atoms with van der Waals surface area (Å²) >= 11 is 0. The molecular formula is C59H90O27. The van der Waals surface area contributed by atoms with Crippen molar-refractivity contribution in [1.82, 2.24) is 0 Å². The summed E-state index contributed by atoms with van der Waals surface area (Å²) in [4.78, 5) is 53.8. The van der Waals surface area contributed by atoms with Gasteiger partial charge in [0, 0.05) is 24.3 Å². The van der Waals surface area contributed by atoms with Gasteiger partial charge in [-0.15, -0.1) is 0 Å². The molecule has 8 fully saturated rings. The van der Waals surface area contributed by atoms with Gasteiger partial charge in [0.15, 0.2) is 37.6 Å². The Kier molecular flexibility index (Phi) is 19.3. The Morgan fingerprint density at radius 1 is 0.698 bits per heavy atom. The fraction of sp³-hybridized carbons (Fsp3) is 0.864. The summed E-state index contributed by atoms with van der Waals surface area (Å²) in [6, 6.07) is 0. The topological polar surface area (TPSA) is 424 Å². The van der Waals surface area contributed by atoms with E-state index in [1.165, 1.54) is 6.92 Å². The Bertz CT molecular complexity index is 2550. The van der Waals surface area contributed by atoms with E-state index >= 15 is 0 Å². The number of hydrogen-bond donors (Lipinski definition) is 13. The second-order valence-corrected chi connectivity index (χ2v) is 27.3. The minimum absolute atomic E-state index is 0.112. The molecular weight excluding hydrogens is 1140 g/mol. The first kappa shape index (κ1) is 67.2. The van der Waals surface area contributed by atoms with Crippen LogP contribution < -0.4 is 0 Å². The molecule has 0 aromatic carbocycles. The van der Waals surface area contributed by atoms with Crippen molar-refractivity contribution in [1.29, 1.82) is 0 Å². The number of carbonyl (C=O) groups excluding carboxylic acids is 3. The molecule has 0 aromatic rings. The molecule has 27 heteroatoms. The van der Waals surface area contributed by atoms with Gasteiger partial charge in [-0.1, -0.05) is 59.3 Å². The Balaban J connectivity index is 1.05. The molecule has 4 aliphatic heterocycles. The zero-order valence-corrected chi connectivity index (χ0v) is 50.0. The van der Waals surface area contributed by atoms with Gasteiger partial charge in [0.25, 0.3) is 0 Å². The summed E-state index contributed by atoms with van der Waals surface area (Å²) in [6.07, 6.45) is -32.5. The third-order valence-corrected chi connectivity index (χ3v) is 22.2. The van der Waals surface area contributed by atoms with Gasteiger partial charge in [-0.05, 0) is 92.8 Å². The van der Waals surface area contributed by atoms with Crippen LogP contribution in [0.25, 0.3) is 0 Å². The SMILES string of the molecule is CC=C(C)C(=O)OC1C(OC(C)=O)C2(CO)C(O)CC3(C)C(=CCC4C5(C)CCC(OC6OC(C(=O)O)C(O)C(OC7OC(O)C(O)CC7OC7OCC(O)C(O)C7O)C6OC6OC(CO)C(O)C(O)C6O)C(C)(C=O)C5CCC43C)C2CC1(C)C. The minimum atomic E-state index is -2.28. The number of carboxylic acid groups (broad SMARTS) is 1. The highest BCUT2D eigenvalue weighted by atomic mass is 16.8. The van der Waals surface area contributed by atoms with Crippen LogP contribution in [0.2, 0.25) is 0 Å². The molecule has 0 amide bonds. The quantitative estimate of drug-likeness (QED) is 0.0287. The van der Waals surface area contributed by atoms with Crippen LogP contribution in [0, 0.1) is 50.2 Å². The maximum atomic E-state index is 14.2. The van der Waals surface area contributed by atoms with Crippen molar-refractivity contribution >= 4 is 24.2 Å². The molecule has 86 heavy (non-hydrogen) atoms. The fourth-order valence-electron chi connectivity index (χ4n) is 17.0. The molecule has 4 heterocycles. The summed E-state index contributed by atoms with van der Waals surface area (Å²) in [6.45, 7) is 14.5. The van der Waals surface area contributed by atoms with Crippen molar-refractivity contribution in [2.24, 2.45) is 50.2 Å². The average Bonchev–Trinajstić information content (AvgIpc) is 0.672. The van der Waals surface area contributed by atoms with Crippen molar-refractivity contribution in [3.8, 4) is 0 Å². The maximum Gasteiger partial charge on any atom is 0.335 e. The number of aldehydes is 1. The van der Waals surface area contributed by atoms with Crippen LogP contribution >= 0.6 is 0 Å². The van der Waals surface area contributed by atoms with Crippen LogP contribution in [0.5, 0.6) is 0 Å². The van der Waals surface area contributed by atoms with Gasteiger partial charge < -0.3 is 119 Å². The lowest BCUT2D eigenvalue weighted by atomic mass is 9.33. The molecule has 30 atom stereocenters. The third kappa shape index (κ3) is 11.0. The van der Waals surface area contributed by atoms with Crippen molar-refractivity contribution in [2.75, 3.05) is 19.8 Å². The zero-order valence-electron chi connectivity index (χ0n) is 50.0. The summed E-state index contributed by atoms with van der Waals surface area (Å²) in [7, 11) is 0. The molecule has 27 nitrogen and oxygen atoms in total. The van der Waals surface area contributed by atoms with Crippen LogP contribution in [0.1, 0.15) is 114 Å². The predicted octanol–water partition coefficient (Wildman–Crippen LogP) is -1.66. The molecule has 4 saturated carbocycles. The van der Waals surface area contributed by atoms with Gasteiger partial charge >= 0.3 is 17.9 Å². The maximum absolute atomic E-state index is 14.2. The lowest BCUT2D eigenvalue weighted by Crippen LogP contribution is -2.72. The number of fused-ring (bicyclic) bond motifs is 7. The summed E-state index contributed by atoms with van der Waals surface area (Å²) < 4.78 is 60.4. The highest BCUT2D eigenvalue weighted by molar-refractivity contribution is 5.87. The number of carbonyl (C=O) groups is 4. The highest BCUT2D eigenvalue weighted by Crippen LogP contribution is 2.76. The molecule has 0 spiro atoms. The van der Waals surface area contributed by atoms with Crippen LogP contribution in [-0.4, -0.2) is 246 Å². The van der Waals surface area contributed by atoms with Crippen molar-refractivity contribution in [3.05, 3.63) is 23.3 Å². The van der Waals surface area contributed by atoms with E-state index in [9.17, 15) is 85.6 Å². The molecule has 9 rings (SSSR count). The lowest BCUT2D eigenvalue weighted by Gasteiger charge is -2.72. The normalized spacial score (nSPS) is 51.1. The van der Waals surface area contributed by atoms with Gasteiger partial charge in [-0.2, -0.15) is 0 Å². The van der Waals surface area contributed by atoms with E-state index in [-0.39, 0.29) is 18.8 Å². The first-order valence-corrected chi connectivity index (χ1v) is 29.9. The second-order valence-electron chi connectivity index (χ2n) is 27.3. The smallest absolute Gasteiger partial charge is 0.335 e. The molecule has 0 radical (unpaired) electrons. The molecule has 0 bridgehead atoms. The monoisotopic (exact) mass is 1230 g/mol. The first-order valence-electron chi connectivity index (χ1n) is 29.9. The largest absolute Gasteiger partial charge is 0.479 e. The van der Waals surface area contributed by atoms with Gasteiger partial charge in [0.2, 0.25) is 0 Å². The second kappa shape index (κ2) is 24.8. The highest BCUT2D eigenvalue weighted by Gasteiger charge is 2.74. The number of rotatable bonds is 15. The lowest BCUT2D eigenvalue weighted by molar-refractivity contribution is -0.405. The van der Waals surface area contributed by atoms with Crippen molar-refractivity contribution in [2.45, 2.75) is 249 Å². The standard InChI is InChI=1S/C59H90O27/c1-10-24(2)48(75)85-45-46(78-25(3)63)59(23-62)27(18-54(45,4)5)26-11-12-33-55(6)15-14-35(56(7,22-61)32(55)13-16-57(33,8)58(26,9)19-34(59)66)81-53-44(84-52-40(71)38(69)37(68)31(20-60)80-52)42(41(72)43(83-53)47(73)74)82-50-30(17-28(64)49(76)86-50)79-51-39(70)36(67)29(65)21-77-51/h10-11,22,27-46,49-53,60,62,64-72,76H,12-21,23H2,1-9H3,(H,73,74). The molecule has 9 aliphatic rings. The van der Waals surface area contributed by atoms with Gasteiger partial charge in [0.1, 0.15) is 91.7 Å². The number of hydrogen-bond acceptors (Lipinski definition) is 26. The molecule has 13 N–H and O–H groups in total. The van der Waals surface area contributed by atoms with E-state index in [1.54, 1.807) is 26.8 Å². The Hall–Kier alpha value is -3.24. The first-order chi connectivity index (χ1) is 40.2. The fourth-order valence-corrected chi connectivity index (χ4v) is 17.0. The zero-order chi connectivity index (χ0) is 63.3. The van der Waals surface area contributed by atoms with Crippen LogP contribution in [-0.2, 0) is 66.5 Å². The molecule has 5 aliphatic carbocycles. The summed E-state index contributed by atoms with van der Waals surface area (Å²) in [5.74, 6) is -4.24. The Morgan fingerprint density at radius 2 is 1.37 bits per heavy atom. The Morgan fingerprint density at radius 3 is 2.00 bits per heavy atom. The molecule has 488 valence electrons. The van der Waals surface area contributed by atoms with Gasteiger partial charge in [-0.3, -0.25) is 4.79 Å². The van der Waals surface area contributed by atoms with Gasteiger partial charge in [0.05, 0.1) is 42.9 Å². The Labute approximate surface area is 498 Å². The summed E-state index contributed by atoms with van der Waals surface area (Å²) in [5.41, 5.74) is -4.42. The third-order valence-electron chi connectivity index (χ3n) is 22.2. The molecule has 30 unspecified atom stereocenters. The van der Waals surface area contributed by atoms with E-state index in [0.717, 1.165) is 11.9 Å². The number of allylic oxidation sites excluding steroid dienone is 3. The van der Waals surface area contributed by atoms with E-state index < -0.39 is 224 Å². The van der Waals surface area contributed by atoms with Crippen LogP contribution in [0.3, 0.4) is 0 Å². The number of esters is 2.